The lowest BCUT2D eigenvalue weighted by Gasteiger charge is -2.47. The highest BCUT2D eigenvalue weighted by molar-refractivity contribution is 5.85. The van der Waals surface area contributed by atoms with Crippen LogP contribution in [0.3, 0.4) is 0 Å². The molecule has 5 rings (SSSR count). The number of nitrogens with zero attached hydrogens (tertiary/aromatic N) is 1. The average molecular weight is 311 g/mol. The molecule has 122 valence electrons. The lowest BCUT2D eigenvalue weighted by Crippen LogP contribution is -2.57. The molecule has 0 saturated carbocycles. The predicted octanol–water partition coefficient (Wildman–Crippen LogP) is 3.82. The Balaban J connectivity index is 1.45. The van der Waals surface area contributed by atoms with Crippen molar-refractivity contribution in [1.29, 1.82) is 0 Å². The molecule has 3 fully saturated rings. The summed E-state index contributed by atoms with van der Waals surface area (Å²) in [6.07, 6.45) is 2.20. The van der Waals surface area contributed by atoms with E-state index < -0.39 is 0 Å². The summed E-state index contributed by atoms with van der Waals surface area (Å²) in [5, 5.41) is 2.54. The van der Waals surface area contributed by atoms with Crippen molar-refractivity contribution in [2.24, 2.45) is 0 Å². The minimum atomic E-state index is 0.464. The van der Waals surface area contributed by atoms with Gasteiger partial charge in [0.1, 0.15) is 12.4 Å². The van der Waals surface area contributed by atoms with E-state index in [1.54, 1.807) is 0 Å². The van der Waals surface area contributed by atoms with Crippen LogP contribution in [0.1, 0.15) is 31.7 Å². The van der Waals surface area contributed by atoms with Crippen molar-refractivity contribution >= 4 is 10.8 Å². The minimum Gasteiger partial charge on any atom is -0.492 e. The second-order valence-corrected chi connectivity index (χ2v) is 7.12. The van der Waals surface area contributed by atoms with Gasteiger partial charge in [0.2, 0.25) is 0 Å². The van der Waals surface area contributed by atoms with Crippen LogP contribution in [0.5, 0.6) is 5.75 Å². The average Bonchev–Trinajstić information content (AvgIpc) is 2.53. The molecular weight excluding hydrogens is 286 g/mol. The minimum absolute atomic E-state index is 0.464. The highest BCUT2D eigenvalue weighted by Gasteiger charge is 2.37. The number of benzene rings is 2. The first kappa shape index (κ1) is 15.0. The molecule has 0 amide bonds. The zero-order chi connectivity index (χ0) is 15.8. The number of ether oxygens (including phenoxy) is 2. The van der Waals surface area contributed by atoms with Gasteiger partial charge in [0.25, 0.3) is 0 Å². The predicted molar refractivity (Wildman–Crippen MR) is 93.3 cm³/mol. The molecule has 0 aliphatic carbocycles. The van der Waals surface area contributed by atoms with Crippen molar-refractivity contribution in [3.63, 3.8) is 0 Å². The molecule has 0 N–H and O–H groups in total. The third-order valence-corrected chi connectivity index (χ3v) is 5.00. The van der Waals surface area contributed by atoms with E-state index in [-0.39, 0.29) is 0 Å². The molecule has 3 aliphatic rings. The van der Waals surface area contributed by atoms with Crippen LogP contribution in [0.15, 0.2) is 36.4 Å². The van der Waals surface area contributed by atoms with Crippen molar-refractivity contribution in [2.45, 2.75) is 38.4 Å². The standard InChI is InChI=1S/C20H25NO2/c1-14(2)19-9-15-5-3-4-6-16(15)10-20(19)22-8-7-21-12-17-11-18(13-21)23-17/h3-6,9-10,14,17-18H,7-8,11-13H2,1-2H3. The molecule has 0 spiro atoms. The van der Waals surface area contributed by atoms with Crippen molar-refractivity contribution in [3.05, 3.63) is 42.0 Å². The van der Waals surface area contributed by atoms with Gasteiger partial charge in [-0.25, -0.2) is 0 Å². The van der Waals surface area contributed by atoms with Crippen molar-refractivity contribution < 1.29 is 9.47 Å². The van der Waals surface area contributed by atoms with Crippen molar-refractivity contribution in [3.8, 4) is 5.75 Å². The van der Waals surface area contributed by atoms with E-state index in [2.05, 4.69) is 55.1 Å². The summed E-state index contributed by atoms with van der Waals surface area (Å²) in [4.78, 5) is 2.47. The molecular formula is C20H25NO2. The molecule has 23 heavy (non-hydrogen) atoms. The van der Waals surface area contributed by atoms with Crippen LogP contribution in [0.25, 0.3) is 10.8 Å². The van der Waals surface area contributed by atoms with Gasteiger partial charge in [0, 0.05) is 26.1 Å². The lowest BCUT2D eigenvalue weighted by molar-refractivity contribution is -0.181. The molecule has 2 atom stereocenters. The third kappa shape index (κ3) is 3.08. The van der Waals surface area contributed by atoms with E-state index >= 15 is 0 Å². The maximum Gasteiger partial charge on any atom is 0.123 e. The number of fused-ring (bicyclic) bond motifs is 3. The van der Waals surface area contributed by atoms with Crippen LogP contribution < -0.4 is 4.74 Å². The Morgan fingerprint density at radius 3 is 2.43 bits per heavy atom. The summed E-state index contributed by atoms with van der Waals surface area (Å²) >= 11 is 0. The highest BCUT2D eigenvalue weighted by atomic mass is 16.5. The van der Waals surface area contributed by atoms with Crippen LogP contribution in [0.4, 0.5) is 0 Å². The van der Waals surface area contributed by atoms with E-state index in [9.17, 15) is 0 Å². The highest BCUT2D eigenvalue weighted by Crippen LogP contribution is 2.32. The Morgan fingerprint density at radius 2 is 1.78 bits per heavy atom. The molecule has 3 saturated heterocycles. The second kappa shape index (κ2) is 6.14. The molecule has 3 aliphatic heterocycles. The maximum absolute atomic E-state index is 6.18. The van der Waals surface area contributed by atoms with Gasteiger partial charge in [-0.3, -0.25) is 4.90 Å². The SMILES string of the molecule is CC(C)c1cc2ccccc2cc1OCCN1CC2CC(C1)O2. The monoisotopic (exact) mass is 311 g/mol. The Morgan fingerprint density at radius 1 is 1.13 bits per heavy atom. The number of piperidine rings is 1. The fourth-order valence-corrected chi connectivity index (χ4v) is 3.72. The van der Waals surface area contributed by atoms with Gasteiger partial charge in [-0.2, -0.15) is 0 Å². The molecule has 2 aromatic carbocycles. The first-order valence-corrected chi connectivity index (χ1v) is 8.72. The largest absolute Gasteiger partial charge is 0.492 e. The Bertz CT molecular complexity index is 681. The zero-order valence-electron chi connectivity index (χ0n) is 14.0. The Labute approximate surface area is 138 Å². The summed E-state index contributed by atoms with van der Waals surface area (Å²) in [7, 11) is 0. The van der Waals surface area contributed by atoms with E-state index in [4.69, 9.17) is 9.47 Å². The molecule has 2 aromatic rings. The Kier molecular flexibility index (Phi) is 4.00. The van der Waals surface area contributed by atoms with Gasteiger partial charge >= 0.3 is 0 Å². The van der Waals surface area contributed by atoms with E-state index in [0.717, 1.165) is 32.0 Å². The van der Waals surface area contributed by atoms with Crippen molar-refractivity contribution in [1.82, 2.24) is 4.90 Å². The third-order valence-electron chi connectivity index (χ3n) is 5.00. The topological polar surface area (TPSA) is 21.7 Å². The van der Waals surface area contributed by atoms with Gasteiger partial charge in [-0.1, -0.05) is 38.1 Å². The summed E-state index contributed by atoms with van der Waals surface area (Å²) in [6, 6.07) is 13.0. The molecule has 2 unspecified atom stereocenters. The summed E-state index contributed by atoms with van der Waals surface area (Å²) in [6.45, 7) is 8.32. The van der Waals surface area contributed by atoms with Crippen LogP contribution >= 0.6 is 0 Å². The first-order chi connectivity index (χ1) is 11.2. The van der Waals surface area contributed by atoms with Crippen molar-refractivity contribution in [2.75, 3.05) is 26.2 Å². The van der Waals surface area contributed by atoms with E-state index in [1.165, 1.54) is 22.8 Å². The lowest BCUT2D eigenvalue weighted by atomic mass is 9.98. The summed E-state index contributed by atoms with van der Waals surface area (Å²) < 4.78 is 11.9. The van der Waals surface area contributed by atoms with Crippen LogP contribution in [0.2, 0.25) is 0 Å². The van der Waals surface area contributed by atoms with Crippen LogP contribution in [-0.2, 0) is 4.74 Å². The number of rotatable bonds is 5. The van der Waals surface area contributed by atoms with Gasteiger partial charge in [0.15, 0.2) is 0 Å². The van der Waals surface area contributed by atoms with E-state index in [1.807, 2.05) is 0 Å². The number of hydrogen-bond acceptors (Lipinski definition) is 3. The Hall–Kier alpha value is -1.58. The summed E-state index contributed by atoms with van der Waals surface area (Å²) in [5.74, 6) is 1.50. The van der Waals surface area contributed by atoms with Crippen LogP contribution in [0, 0.1) is 0 Å². The quantitative estimate of drug-likeness (QED) is 0.838. The fourth-order valence-electron chi connectivity index (χ4n) is 3.72. The number of morpholine rings is 1. The first-order valence-electron chi connectivity index (χ1n) is 8.72. The molecule has 0 radical (unpaired) electrons. The summed E-state index contributed by atoms with van der Waals surface area (Å²) in [5.41, 5.74) is 1.30. The smallest absolute Gasteiger partial charge is 0.123 e. The van der Waals surface area contributed by atoms with Gasteiger partial charge in [-0.15, -0.1) is 0 Å². The molecule has 0 aromatic heterocycles. The maximum atomic E-state index is 6.18. The van der Waals surface area contributed by atoms with E-state index in [0.29, 0.717) is 18.1 Å². The molecule has 3 nitrogen and oxygen atoms in total. The molecule has 2 bridgehead atoms. The fraction of sp³-hybridized carbons (Fsp3) is 0.500. The van der Waals surface area contributed by atoms with Crippen LogP contribution in [-0.4, -0.2) is 43.3 Å². The van der Waals surface area contributed by atoms with Gasteiger partial charge in [0.05, 0.1) is 12.2 Å². The second-order valence-electron chi connectivity index (χ2n) is 7.12. The van der Waals surface area contributed by atoms with Gasteiger partial charge < -0.3 is 9.47 Å². The molecule has 3 heterocycles. The number of hydrogen-bond donors (Lipinski definition) is 0. The molecule has 3 heteroatoms. The van der Waals surface area contributed by atoms with Gasteiger partial charge in [-0.05, 0) is 34.4 Å². The zero-order valence-corrected chi connectivity index (χ0v) is 14.0. The normalized spacial score (nSPS) is 24.0.